The lowest BCUT2D eigenvalue weighted by Gasteiger charge is -2.26. The molecule has 0 unspecified atom stereocenters. The summed E-state index contributed by atoms with van der Waals surface area (Å²) < 4.78 is 7.72. The number of nitrogens with zero attached hydrogens (tertiary/aromatic N) is 4. The van der Waals surface area contributed by atoms with Crippen LogP contribution in [0.1, 0.15) is 30.4 Å². The van der Waals surface area contributed by atoms with Gasteiger partial charge in [0.25, 0.3) is 5.91 Å². The molecule has 4 aromatic rings. The molecule has 0 N–H and O–H groups in total. The van der Waals surface area contributed by atoms with Gasteiger partial charge in [-0.15, -0.1) is 0 Å². The number of nitriles is 1. The summed E-state index contributed by atoms with van der Waals surface area (Å²) in [4.78, 5) is 14.9. The van der Waals surface area contributed by atoms with Gasteiger partial charge in [0.05, 0.1) is 11.4 Å². The molecule has 1 aliphatic heterocycles. The Morgan fingerprint density at radius 2 is 1.59 bits per heavy atom. The fraction of sp³-hybridized carbons (Fsp3) is 0.194. The Labute approximate surface area is 217 Å². The van der Waals surface area contributed by atoms with Crippen LogP contribution in [0.15, 0.2) is 96.7 Å². The second-order valence-electron chi connectivity index (χ2n) is 9.03. The van der Waals surface area contributed by atoms with Gasteiger partial charge in [0.1, 0.15) is 24.0 Å². The van der Waals surface area contributed by atoms with E-state index in [1.165, 1.54) is 0 Å². The molecule has 1 aliphatic rings. The van der Waals surface area contributed by atoms with E-state index in [0.717, 1.165) is 41.8 Å². The molecular weight excluding hydrogens is 460 g/mol. The van der Waals surface area contributed by atoms with E-state index in [1.54, 1.807) is 15.7 Å². The van der Waals surface area contributed by atoms with E-state index in [-0.39, 0.29) is 11.5 Å². The zero-order valence-corrected chi connectivity index (χ0v) is 20.6. The van der Waals surface area contributed by atoms with E-state index >= 15 is 0 Å². The normalized spacial score (nSPS) is 13.7. The minimum Gasteiger partial charge on any atom is -0.489 e. The zero-order chi connectivity index (χ0) is 25.5. The third-order valence-electron chi connectivity index (χ3n) is 6.43. The molecule has 1 saturated heterocycles. The summed E-state index contributed by atoms with van der Waals surface area (Å²) in [6, 6.07) is 29.7. The summed E-state index contributed by atoms with van der Waals surface area (Å²) >= 11 is 0. The van der Waals surface area contributed by atoms with Crippen LogP contribution in [0.5, 0.6) is 5.75 Å². The van der Waals surface area contributed by atoms with E-state index in [9.17, 15) is 10.1 Å². The number of piperidine rings is 1. The molecule has 2 heterocycles. The van der Waals surface area contributed by atoms with Crippen LogP contribution in [-0.4, -0.2) is 33.7 Å². The van der Waals surface area contributed by atoms with E-state index in [0.29, 0.717) is 31.0 Å². The van der Waals surface area contributed by atoms with Gasteiger partial charge in [-0.3, -0.25) is 4.79 Å². The van der Waals surface area contributed by atoms with Crippen LogP contribution in [0.2, 0.25) is 0 Å². The Morgan fingerprint density at radius 3 is 2.27 bits per heavy atom. The quantitative estimate of drug-likeness (QED) is 0.235. The molecule has 1 amide bonds. The second-order valence-corrected chi connectivity index (χ2v) is 9.03. The molecule has 3 aromatic carbocycles. The van der Waals surface area contributed by atoms with Crippen molar-refractivity contribution in [2.24, 2.45) is 0 Å². The third kappa shape index (κ3) is 5.79. The first-order chi connectivity index (χ1) is 18.2. The lowest BCUT2D eigenvalue weighted by Crippen LogP contribution is -2.36. The maximum absolute atomic E-state index is 13.1. The van der Waals surface area contributed by atoms with Crippen molar-refractivity contribution in [3.05, 3.63) is 108 Å². The topological polar surface area (TPSA) is 71.1 Å². The van der Waals surface area contributed by atoms with Crippen molar-refractivity contribution in [2.45, 2.75) is 25.9 Å². The van der Waals surface area contributed by atoms with Gasteiger partial charge in [-0.05, 0) is 67.3 Å². The Kier molecular flexibility index (Phi) is 7.42. The van der Waals surface area contributed by atoms with Gasteiger partial charge in [0.15, 0.2) is 0 Å². The molecular formula is C31H28N4O2. The average Bonchev–Trinajstić information content (AvgIpc) is 3.40. The standard InChI is InChI=1S/C31H28N4O2/c32-21-26(31(36)34-18-8-3-9-19-34)20-27-22-35(28-12-6-2-7-13-28)33-30(27)25-14-16-29(17-15-25)37-23-24-10-4-1-5-11-24/h1-2,4-7,10-17,20,22H,3,8-9,18-19,23H2. The van der Waals surface area contributed by atoms with E-state index in [2.05, 4.69) is 6.07 Å². The molecule has 0 radical (unpaired) electrons. The number of amides is 1. The number of carbonyl (C=O) groups is 1. The van der Waals surface area contributed by atoms with Gasteiger partial charge in [0.2, 0.25) is 0 Å². The Morgan fingerprint density at radius 1 is 0.919 bits per heavy atom. The monoisotopic (exact) mass is 488 g/mol. The van der Waals surface area contributed by atoms with Crippen LogP contribution >= 0.6 is 0 Å². The molecule has 0 saturated carbocycles. The van der Waals surface area contributed by atoms with Crippen LogP contribution in [0.25, 0.3) is 23.0 Å². The summed E-state index contributed by atoms with van der Waals surface area (Å²) in [7, 11) is 0. The highest BCUT2D eigenvalue weighted by atomic mass is 16.5. The molecule has 0 spiro atoms. The number of hydrogen-bond acceptors (Lipinski definition) is 4. The van der Waals surface area contributed by atoms with Crippen LogP contribution in [0.3, 0.4) is 0 Å². The molecule has 184 valence electrons. The lowest BCUT2D eigenvalue weighted by atomic mass is 10.0. The average molecular weight is 489 g/mol. The highest BCUT2D eigenvalue weighted by molar-refractivity contribution is 6.02. The van der Waals surface area contributed by atoms with Crippen LogP contribution in [0.4, 0.5) is 0 Å². The van der Waals surface area contributed by atoms with Crippen LogP contribution < -0.4 is 4.74 Å². The van der Waals surface area contributed by atoms with Gasteiger partial charge in [-0.2, -0.15) is 10.4 Å². The number of likely N-dealkylation sites (tertiary alicyclic amines) is 1. The second kappa shape index (κ2) is 11.4. The van der Waals surface area contributed by atoms with E-state index in [1.807, 2.05) is 91.1 Å². The van der Waals surface area contributed by atoms with Gasteiger partial charge in [0, 0.05) is 30.4 Å². The van der Waals surface area contributed by atoms with Crippen molar-refractivity contribution < 1.29 is 9.53 Å². The smallest absolute Gasteiger partial charge is 0.264 e. The minimum atomic E-state index is -0.217. The summed E-state index contributed by atoms with van der Waals surface area (Å²) in [5.41, 5.74) is 4.39. The van der Waals surface area contributed by atoms with Gasteiger partial charge in [-0.1, -0.05) is 48.5 Å². The summed E-state index contributed by atoms with van der Waals surface area (Å²) in [5.74, 6) is 0.537. The third-order valence-corrected chi connectivity index (χ3v) is 6.43. The van der Waals surface area contributed by atoms with Crippen LogP contribution in [-0.2, 0) is 11.4 Å². The maximum Gasteiger partial charge on any atom is 0.264 e. The van der Waals surface area contributed by atoms with E-state index < -0.39 is 0 Å². The number of rotatable bonds is 7. The molecule has 1 fully saturated rings. The number of carbonyl (C=O) groups excluding carboxylic acids is 1. The lowest BCUT2D eigenvalue weighted by molar-refractivity contribution is -0.127. The summed E-state index contributed by atoms with van der Waals surface area (Å²) in [5, 5.41) is 14.7. The molecule has 5 rings (SSSR count). The molecule has 0 bridgehead atoms. The fourth-order valence-corrected chi connectivity index (χ4v) is 4.44. The number of aromatic nitrogens is 2. The first-order valence-corrected chi connectivity index (χ1v) is 12.5. The number of para-hydroxylation sites is 1. The molecule has 6 nitrogen and oxygen atoms in total. The summed E-state index contributed by atoms with van der Waals surface area (Å²) in [6.07, 6.45) is 6.60. The first-order valence-electron chi connectivity index (χ1n) is 12.5. The number of benzene rings is 3. The molecule has 1 aromatic heterocycles. The van der Waals surface area contributed by atoms with Crippen molar-refractivity contribution in [2.75, 3.05) is 13.1 Å². The molecule has 0 atom stereocenters. The summed E-state index contributed by atoms with van der Waals surface area (Å²) in [6.45, 7) is 1.87. The number of hydrogen-bond donors (Lipinski definition) is 0. The Hall–Kier alpha value is -4.63. The van der Waals surface area contributed by atoms with Crippen molar-refractivity contribution >= 4 is 12.0 Å². The molecule has 37 heavy (non-hydrogen) atoms. The zero-order valence-electron chi connectivity index (χ0n) is 20.6. The van der Waals surface area contributed by atoms with Crippen molar-refractivity contribution in [1.29, 1.82) is 5.26 Å². The largest absolute Gasteiger partial charge is 0.489 e. The predicted octanol–water partition coefficient (Wildman–Crippen LogP) is 6.04. The highest BCUT2D eigenvalue weighted by Crippen LogP contribution is 2.28. The van der Waals surface area contributed by atoms with Crippen molar-refractivity contribution in [1.82, 2.24) is 14.7 Å². The minimum absolute atomic E-state index is 0.124. The highest BCUT2D eigenvalue weighted by Gasteiger charge is 2.21. The molecule has 0 aliphatic carbocycles. The van der Waals surface area contributed by atoms with Crippen molar-refractivity contribution in [3.8, 4) is 28.8 Å². The van der Waals surface area contributed by atoms with Crippen molar-refractivity contribution in [3.63, 3.8) is 0 Å². The van der Waals surface area contributed by atoms with E-state index in [4.69, 9.17) is 9.84 Å². The maximum atomic E-state index is 13.1. The Balaban J connectivity index is 1.45. The number of ether oxygens (including phenoxy) is 1. The predicted molar refractivity (Wildman–Crippen MR) is 144 cm³/mol. The van der Waals surface area contributed by atoms with Gasteiger partial charge >= 0.3 is 0 Å². The van der Waals surface area contributed by atoms with Gasteiger partial charge in [-0.25, -0.2) is 4.68 Å². The SMILES string of the molecule is N#CC(=Cc1cn(-c2ccccc2)nc1-c1ccc(OCc2ccccc2)cc1)C(=O)N1CCCCC1. The molecule has 6 heteroatoms. The first kappa shape index (κ1) is 24.1. The van der Waals surface area contributed by atoms with Crippen LogP contribution in [0, 0.1) is 11.3 Å². The fourth-order valence-electron chi connectivity index (χ4n) is 4.44. The Bertz CT molecular complexity index is 1410. The van der Waals surface area contributed by atoms with Gasteiger partial charge < -0.3 is 9.64 Å².